The van der Waals surface area contributed by atoms with Crippen LogP contribution in [0.5, 0.6) is 0 Å². The largest absolute Gasteiger partial charge is 0.381 e. The highest BCUT2D eigenvalue weighted by Crippen LogP contribution is 2.23. The molecule has 1 aromatic rings. The zero-order chi connectivity index (χ0) is 11.9. The maximum atomic E-state index is 5.89. The fourth-order valence-electron chi connectivity index (χ4n) is 2.44. The topological polar surface area (TPSA) is 35.2 Å². The molecule has 0 spiro atoms. The Kier molecular flexibility index (Phi) is 5.02. The van der Waals surface area contributed by atoms with Gasteiger partial charge < -0.3 is 10.5 Å². The lowest BCUT2D eigenvalue weighted by Gasteiger charge is -2.25. The van der Waals surface area contributed by atoms with Crippen molar-refractivity contribution < 1.29 is 4.74 Å². The molecule has 94 valence electrons. The first-order chi connectivity index (χ1) is 8.34. The van der Waals surface area contributed by atoms with Crippen molar-refractivity contribution in [1.29, 1.82) is 0 Å². The van der Waals surface area contributed by atoms with E-state index >= 15 is 0 Å². The van der Waals surface area contributed by atoms with E-state index in [1.807, 2.05) is 0 Å². The van der Waals surface area contributed by atoms with Gasteiger partial charge in [-0.1, -0.05) is 30.3 Å². The van der Waals surface area contributed by atoms with Crippen LogP contribution in [0.15, 0.2) is 30.3 Å². The van der Waals surface area contributed by atoms with Crippen LogP contribution in [-0.2, 0) is 11.2 Å². The minimum atomic E-state index is 0.440. The second kappa shape index (κ2) is 6.77. The second-order valence-corrected chi connectivity index (χ2v) is 5.09. The Balaban J connectivity index is 1.57. The number of benzene rings is 1. The molecule has 0 aliphatic heterocycles. The molecule has 1 aliphatic carbocycles. The van der Waals surface area contributed by atoms with Gasteiger partial charge in [0, 0.05) is 12.6 Å². The molecule has 1 aliphatic rings. The lowest BCUT2D eigenvalue weighted by atomic mass is 9.87. The molecule has 0 bridgehead atoms. The van der Waals surface area contributed by atoms with Crippen molar-refractivity contribution in [2.24, 2.45) is 11.7 Å². The SMILES string of the molecule is NC1CCC(COCCc2ccccc2)CC1. The maximum Gasteiger partial charge on any atom is 0.0506 e. The molecule has 17 heavy (non-hydrogen) atoms. The third kappa shape index (κ3) is 4.49. The van der Waals surface area contributed by atoms with E-state index in [0.29, 0.717) is 6.04 Å². The minimum absolute atomic E-state index is 0.440. The van der Waals surface area contributed by atoms with Gasteiger partial charge in [0.05, 0.1) is 6.61 Å². The van der Waals surface area contributed by atoms with Crippen molar-refractivity contribution in [3.63, 3.8) is 0 Å². The first-order valence-corrected chi connectivity index (χ1v) is 6.72. The van der Waals surface area contributed by atoms with Crippen LogP contribution >= 0.6 is 0 Å². The van der Waals surface area contributed by atoms with Crippen molar-refractivity contribution in [1.82, 2.24) is 0 Å². The van der Waals surface area contributed by atoms with Crippen LogP contribution in [0.25, 0.3) is 0 Å². The van der Waals surface area contributed by atoms with Gasteiger partial charge in [-0.2, -0.15) is 0 Å². The third-order valence-corrected chi connectivity index (χ3v) is 3.62. The number of hydrogen-bond acceptors (Lipinski definition) is 2. The van der Waals surface area contributed by atoms with Gasteiger partial charge in [-0.3, -0.25) is 0 Å². The van der Waals surface area contributed by atoms with Gasteiger partial charge in [-0.25, -0.2) is 0 Å². The smallest absolute Gasteiger partial charge is 0.0506 e. The van der Waals surface area contributed by atoms with E-state index in [1.165, 1.54) is 31.2 Å². The highest BCUT2D eigenvalue weighted by molar-refractivity contribution is 5.14. The molecule has 1 aromatic carbocycles. The Hall–Kier alpha value is -0.860. The highest BCUT2D eigenvalue weighted by Gasteiger charge is 2.18. The molecule has 0 amide bonds. The van der Waals surface area contributed by atoms with Crippen LogP contribution in [-0.4, -0.2) is 19.3 Å². The van der Waals surface area contributed by atoms with Crippen molar-refractivity contribution >= 4 is 0 Å². The molecule has 2 rings (SSSR count). The fourth-order valence-corrected chi connectivity index (χ4v) is 2.44. The lowest BCUT2D eigenvalue weighted by molar-refractivity contribution is 0.0851. The summed E-state index contributed by atoms with van der Waals surface area (Å²) in [5.41, 5.74) is 7.25. The van der Waals surface area contributed by atoms with E-state index in [4.69, 9.17) is 10.5 Å². The summed E-state index contributed by atoms with van der Waals surface area (Å²) in [6.07, 6.45) is 5.85. The lowest BCUT2D eigenvalue weighted by Crippen LogP contribution is -2.28. The number of ether oxygens (including phenoxy) is 1. The molecule has 0 atom stereocenters. The molecule has 0 radical (unpaired) electrons. The van der Waals surface area contributed by atoms with Gasteiger partial charge in [0.2, 0.25) is 0 Å². The zero-order valence-corrected chi connectivity index (χ0v) is 10.5. The van der Waals surface area contributed by atoms with E-state index in [0.717, 1.165) is 25.6 Å². The maximum absolute atomic E-state index is 5.89. The molecule has 2 N–H and O–H groups in total. The average molecular weight is 233 g/mol. The quantitative estimate of drug-likeness (QED) is 0.794. The predicted molar refractivity (Wildman–Crippen MR) is 70.9 cm³/mol. The monoisotopic (exact) mass is 233 g/mol. The summed E-state index contributed by atoms with van der Waals surface area (Å²) >= 11 is 0. The summed E-state index contributed by atoms with van der Waals surface area (Å²) in [6.45, 7) is 1.76. The van der Waals surface area contributed by atoms with Crippen LogP contribution < -0.4 is 5.73 Å². The fraction of sp³-hybridized carbons (Fsp3) is 0.600. The second-order valence-electron chi connectivity index (χ2n) is 5.09. The molecule has 0 heterocycles. The molecule has 2 nitrogen and oxygen atoms in total. The Labute approximate surface area is 104 Å². The van der Waals surface area contributed by atoms with E-state index in [2.05, 4.69) is 30.3 Å². The standard InChI is InChI=1S/C15H23NO/c16-15-8-6-14(7-9-15)12-17-11-10-13-4-2-1-3-5-13/h1-5,14-15H,6-12,16H2. The third-order valence-electron chi connectivity index (χ3n) is 3.62. The van der Waals surface area contributed by atoms with Crippen LogP contribution in [0.2, 0.25) is 0 Å². The van der Waals surface area contributed by atoms with Crippen LogP contribution in [0.1, 0.15) is 31.2 Å². The first-order valence-electron chi connectivity index (χ1n) is 6.72. The Morgan fingerprint density at radius 2 is 1.76 bits per heavy atom. The molecular formula is C15H23NO. The number of hydrogen-bond donors (Lipinski definition) is 1. The normalized spacial score (nSPS) is 24.8. The number of rotatable bonds is 5. The van der Waals surface area contributed by atoms with E-state index in [-0.39, 0.29) is 0 Å². The molecule has 0 unspecified atom stereocenters. The van der Waals surface area contributed by atoms with Crippen molar-refractivity contribution in [2.45, 2.75) is 38.1 Å². The van der Waals surface area contributed by atoms with Crippen LogP contribution in [0, 0.1) is 5.92 Å². The molecule has 1 saturated carbocycles. The first kappa shape index (κ1) is 12.6. The van der Waals surface area contributed by atoms with Crippen molar-refractivity contribution in [2.75, 3.05) is 13.2 Å². The molecule has 0 aromatic heterocycles. The van der Waals surface area contributed by atoms with E-state index < -0.39 is 0 Å². The molecule has 1 fully saturated rings. The van der Waals surface area contributed by atoms with Crippen molar-refractivity contribution in [3.05, 3.63) is 35.9 Å². The summed E-state index contributed by atoms with van der Waals surface area (Å²) < 4.78 is 5.77. The average Bonchev–Trinajstić information content (AvgIpc) is 2.38. The van der Waals surface area contributed by atoms with Gasteiger partial charge in [0.15, 0.2) is 0 Å². The van der Waals surface area contributed by atoms with Crippen LogP contribution in [0.3, 0.4) is 0 Å². The van der Waals surface area contributed by atoms with Crippen molar-refractivity contribution in [3.8, 4) is 0 Å². The van der Waals surface area contributed by atoms with Gasteiger partial charge in [0.1, 0.15) is 0 Å². The molecular weight excluding hydrogens is 210 g/mol. The summed E-state index contributed by atoms with van der Waals surface area (Å²) in [5.74, 6) is 0.741. The Morgan fingerprint density at radius 1 is 1.06 bits per heavy atom. The zero-order valence-electron chi connectivity index (χ0n) is 10.5. The van der Waals surface area contributed by atoms with Gasteiger partial charge in [0.25, 0.3) is 0 Å². The van der Waals surface area contributed by atoms with E-state index in [9.17, 15) is 0 Å². The van der Waals surface area contributed by atoms with Crippen LogP contribution in [0.4, 0.5) is 0 Å². The summed E-state index contributed by atoms with van der Waals surface area (Å²) in [4.78, 5) is 0. The van der Waals surface area contributed by atoms with Gasteiger partial charge in [-0.05, 0) is 43.6 Å². The summed E-state index contributed by atoms with van der Waals surface area (Å²) in [7, 11) is 0. The number of nitrogens with two attached hydrogens (primary N) is 1. The highest BCUT2D eigenvalue weighted by atomic mass is 16.5. The molecule has 2 heteroatoms. The van der Waals surface area contributed by atoms with Gasteiger partial charge in [-0.15, -0.1) is 0 Å². The van der Waals surface area contributed by atoms with E-state index in [1.54, 1.807) is 0 Å². The van der Waals surface area contributed by atoms with Gasteiger partial charge >= 0.3 is 0 Å². The Bertz CT molecular complexity index is 304. The Morgan fingerprint density at radius 3 is 2.47 bits per heavy atom. The minimum Gasteiger partial charge on any atom is -0.381 e. The summed E-state index contributed by atoms with van der Waals surface area (Å²) in [5, 5.41) is 0. The predicted octanol–water partition coefficient (Wildman–Crippen LogP) is 2.76. The molecule has 0 saturated heterocycles. The summed E-state index contributed by atoms with van der Waals surface area (Å²) in [6, 6.07) is 11.0.